The average Bonchev–Trinajstić information content (AvgIpc) is 2.80. The molecule has 0 aromatic heterocycles. The van der Waals surface area contributed by atoms with E-state index in [-0.39, 0.29) is 17.9 Å². The summed E-state index contributed by atoms with van der Waals surface area (Å²) in [5.74, 6) is 0.223. The van der Waals surface area contributed by atoms with Crippen molar-refractivity contribution in [2.75, 3.05) is 5.75 Å². The molecule has 0 bridgehead atoms. The highest BCUT2D eigenvalue weighted by Crippen LogP contribution is 2.22. The van der Waals surface area contributed by atoms with Crippen LogP contribution in [0.25, 0.3) is 0 Å². The lowest BCUT2D eigenvalue weighted by atomic mass is 9.95. The Balaban J connectivity index is 1.73. The summed E-state index contributed by atoms with van der Waals surface area (Å²) < 4.78 is 0. The Kier molecular flexibility index (Phi) is 9.29. The lowest BCUT2D eigenvalue weighted by Gasteiger charge is -2.32. The molecule has 0 saturated heterocycles. The second-order valence-electron chi connectivity index (χ2n) is 8.02. The third kappa shape index (κ3) is 7.29. The number of carbonyl (C=O) groups excluding carboxylic acids is 2. The van der Waals surface area contributed by atoms with Gasteiger partial charge in [-0.3, -0.25) is 9.59 Å². The monoisotopic (exact) mass is 458 g/mol. The lowest BCUT2D eigenvalue weighted by molar-refractivity contribution is -0.139. The highest BCUT2D eigenvalue weighted by molar-refractivity contribution is 8.00. The van der Waals surface area contributed by atoms with E-state index in [0.717, 1.165) is 36.1 Å². The number of benzene rings is 2. The molecule has 1 saturated carbocycles. The quantitative estimate of drug-likeness (QED) is 0.491. The van der Waals surface area contributed by atoms with E-state index in [0.29, 0.717) is 23.7 Å². The van der Waals surface area contributed by atoms with Crippen LogP contribution in [0.3, 0.4) is 0 Å². The molecule has 1 N–H and O–H groups in total. The van der Waals surface area contributed by atoms with E-state index < -0.39 is 6.04 Å². The highest BCUT2D eigenvalue weighted by atomic mass is 35.5. The fourth-order valence-electron chi connectivity index (χ4n) is 4.00. The van der Waals surface area contributed by atoms with Gasteiger partial charge >= 0.3 is 0 Å². The van der Waals surface area contributed by atoms with Crippen LogP contribution in [0.5, 0.6) is 0 Å². The van der Waals surface area contributed by atoms with Gasteiger partial charge in [0, 0.05) is 22.5 Å². The molecular weight excluding hydrogens is 428 g/mol. The first-order chi connectivity index (χ1) is 15.1. The van der Waals surface area contributed by atoms with Crippen molar-refractivity contribution in [1.29, 1.82) is 0 Å². The Hall–Kier alpha value is -1.98. The topological polar surface area (TPSA) is 49.4 Å². The van der Waals surface area contributed by atoms with Crippen LogP contribution in [0.2, 0.25) is 5.02 Å². The summed E-state index contributed by atoms with van der Waals surface area (Å²) in [4.78, 5) is 29.2. The number of amides is 2. The van der Waals surface area contributed by atoms with Crippen LogP contribution >= 0.6 is 23.4 Å². The molecular formula is C25H31ClN2O2S. The molecule has 166 valence electrons. The van der Waals surface area contributed by atoms with Crippen molar-refractivity contribution in [3.05, 3.63) is 65.2 Å². The van der Waals surface area contributed by atoms with Crippen molar-refractivity contribution < 1.29 is 9.59 Å². The van der Waals surface area contributed by atoms with Crippen molar-refractivity contribution in [2.24, 2.45) is 0 Å². The maximum Gasteiger partial charge on any atom is 0.243 e. The van der Waals surface area contributed by atoms with Crippen molar-refractivity contribution in [3.63, 3.8) is 0 Å². The second-order valence-corrected chi connectivity index (χ2v) is 9.50. The molecule has 6 heteroatoms. The number of thioether (sulfide) groups is 1. The molecule has 2 aromatic rings. The Morgan fingerprint density at radius 2 is 1.74 bits per heavy atom. The molecule has 4 nitrogen and oxygen atoms in total. The van der Waals surface area contributed by atoms with Crippen molar-refractivity contribution in [3.8, 4) is 0 Å². The normalized spacial score (nSPS) is 15.3. The van der Waals surface area contributed by atoms with Gasteiger partial charge in [0.1, 0.15) is 6.04 Å². The maximum atomic E-state index is 13.3. The summed E-state index contributed by atoms with van der Waals surface area (Å²) in [7, 11) is 0. The first-order valence-corrected chi connectivity index (χ1v) is 12.4. The summed E-state index contributed by atoms with van der Waals surface area (Å²) in [5.41, 5.74) is 0.964. The first kappa shape index (κ1) is 23.7. The second kappa shape index (κ2) is 12.2. The van der Waals surface area contributed by atoms with Crippen LogP contribution in [0, 0.1) is 0 Å². The van der Waals surface area contributed by atoms with Crippen LogP contribution in [0.15, 0.2) is 59.5 Å². The fraction of sp³-hybridized carbons (Fsp3) is 0.440. The zero-order valence-electron chi connectivity index (χ0n) is 18.1. The molecule has 1 aliphatic carbocycles. The number of hydrogen-bond acceptors (Lipinski definition) is 3. The summed E-state index contributed by atoms with van der Waals surface area (Å²) >= 11 is 7.53. The minimum absolute atomic E-state index is 0.0329. The summed E-state index contributed by atoms with van der Waals surface area (Å²) in [6, 6.07) is 17.1. The van der Waals surface area contributed by atoms with Gasteiger partial charge in [-0.15, -0.1) is 11.8 Å². The smallest absolute Gasteiger partial charge is 0.243 e. The molecule has 31 heavy (non-hydrogen) atoms. The fourth-order valence-corrected chi connectivity index (χ4v) is 4.93. The predicted octanol–water partition coefficient (Wildman–Crippen LogP) is 5.69. The highest BCUT2D eigenvalue weighted by Gasteiger charge is 2.30. The average molecular weight is 459 g/mol. The Bertz CT molecular complexity index is 838. The molecule has 0 heterocycles. The maximum absolute atomic E-state index is 13.3. The molecule has 0 radical (unpaired) electrons. The van der Waals surface area contributed by atoms with Crippen LogP contribution in [-0.4, -0.2) is 34.6 Å². The van der Waals surface area contributed by atoms with Crippen molar-refractivity contribution >= 4 is 35.2 Å². The summed E-state index contributed by atoms with van der Waals surface area (Å²) in [5, 5.41) is 3.87. The van der Waals surface area contributed by atoms with Crippen molar-refractivity contribution in [2.45, 2.75) is 69.0 Å². The minimum atomic E-state index is -0.485. The first-order valence-electron chi connectivity index (χ1n) is 11.1. The summed E-state index contributed by atoms with van der Waals surface area (Å²) in [6.07, 6.45) is 6.18. The predicted molar refractivity (Wildman–Crippen MR) is 128 cm³/mol. The zero-order chi connectivity index (χ0) is 22.1. The van der Waals surface area contributed by atoms with Gasteiger partial charge in [-0.05, 0) is 49.1 Å². The number of halogens is 1. The SMILES string of the molecule is CCC(C(=O)NC1CCCCC1)N(Cc1ccc(Cl)cc1)C(=O)CSc1ccccc1. The van der Waals surface area contributed by atoms with E-state index in [2.05, 4.69) is 5.32 Å². The number of hydrogen-bond donors (Lipinski definition) is 1. The van der Waals surface area contributed by atoms with Gasteiger partial charge in [0.15, 0.2) is 0 Å². The van der Waals surface area contributed by atoms with Crippen LogP contribution in [-0.2, 0) is 16.1 Å². The Morgan fingerprint density at radius 1 is 1.06 bits per heavy atom. The number of nitrogens with zero attached hydrogens (tertiary/aromatic N) is 1. The number of carbonyl (C=O) groups is 2. The molecule has 0 aliphatic heterocycles. The third-order valence-corrected chi connectivity index (χ3v) is 6.96. The Labute approximate surface area is 194 Å². The van der Waals surface area contributed by atoms with Gasteiger partial charge in [-0.2, -0.15) is 0 Å². The van der Waals surface area contributed by atoms with Crippen LogP contribution in [0.1, 0.15) is 51.0 Å². The lowest BCUT2D eigenvalue weighted by Crippen LogP contribution is -2.52. The third-order valence-electron chi connectivity index (χ3n) is 5.71. The van der Waals surface area contributed by atoms with E-state index >= 15 is 0 Å². The molecule has 1 unspecified atom stereocenters. The van der Waals surface area contributed by atoms with E-state index in [1.54, 1.807) is 4.90 Å². The van der Waals surface area contributed by atoms with Gasteiger partial charge in [0.25, 0.3) is 0 Å². The molecule has 1 atom stereocenters. The minimum Gasteiger partial charge on any atom is -0.352 e. The number of nitrogens with one attached hydrogen (secondary N) is 1. The van der Waals surface area contributed by atoms with Gasteiger partial charge < -0.3 is 10.2 Å². The van der Waals surface area contributed by atoms with E-state index in [4.69, 9.17) is 11.6 Å². The van der Waals surface area contributed by atoms with Gasteiger partial charge in [-0.25, -0.2) is 0 Å². The van der Waals surface area contributed by atoms with E-state index in [1.165, 1.54) is 18.2 Å². The standard InChI is InChI=1S/C25H31ClN2O2S/c1-2-23(25(30)27-21-9-5-3-6-10-21)28(17-19-13-15-20(26)16-14-19)24(29)18-31-22-11-7-4-8-12-22/h4,7-8,11-16,21,23H,2-3,5-6,9-10,17-18H2,1H3,(H,27,30). The molecule has 2 amide bonds. The van der Waals surface area contributed by atoms with E-state index in [9.17, 15) is 9.59 Å². The molecule has 3 rings (SSSR count). The van der Waals surface area contributed by atoms with Crippen molar-refractivity contribution in [1.82, 2.24) is 10.2 Å². The molecule has 1 aliphatic rings. The van der Waals surface area contributed by atoms with Crippen LogP contribution in [0.4, 0.5) is 0 Å². The molecule has 2 aromatic carbocycles. The summed E-state index contributed by atoms with van der Waals surface area (Å²) in [6.45, 7) is 2.36. The van der Waals surface area contributed by atoms with E-state index in [1.807, 2.05) is 61.5 Å². The largest absolute Gasteiger partial charge is 0.352 e. The number of rotatable bonds is 9. The van der Waals surface area contributed by atoms with Gasteiger partial charge in [0.05, 0.1) is 5.75 Å². The van der Waals surface area contributed by atoms with Crippen LogP contribution < -0.4 is 5.32 Å². The van der Waals surface area contributed by atoms with Gasteiger partial charge in [0.2, 0.25) is 11.8 Å². The Morgan fingerprint density at radius 3 is 2.39 bits per heavy atom. The molecule has 1 fully saturated rings. The van der Waals surface area contributed by atoms with Gasteiger partial charge in [-0.1, -0.05) is 68.1 Å². The zero-order valence-corrected chi connectivity index (χ0v) is 19.6. The molecule has 0 spiro atoms.